The van der Waals surface area contributed by atoms with Crippen LogP contribution in [0.1, 0.15) is 35.6 Å². The van der Waals surface area contributed by atoms with E-state index in [2.05, 4.69) is 30.1 Å². The van der Waals surface area contributed by atoms with Crippen LogP contribution in [-0.4, -0.2) is 30.8 Å². The number of anilines is 1. The van der Waals surface area contributed by atoms with Crippen LogP contribution in [0, 0.1) is 0 Å². The van der Waals surface area contributed by atoms with Crippen molar-refractivity contribution in [3.05, 3.63) is 59.4 Å². The second-order valence-corrected chi connectivity index (χ2v) is 7.54. The van der Waals surface area contributed by atoms with E-state index >= 15 is 0 Å². The first-order chi connectivity index (χ1) is 15.9. The first kappa shape index (κ1) is 20.9. The lowest BCUT2D eigenvalue weighted by atomic mass is 9.95. The zero-order chi connectivity index (χ0) is 23.0. The second-order valence-electron chi connectivity index (χ2n) is 7.54. The van der Waals surface area contributed by atoms with Gasteiger partial charge in [-0.3, -0.25) is 10.3 Å². The highest BCUT2D eigenvalue weighted by Gasteiger charge is 2.38. The Morgan fingerprint density at radius 3 is 2.88 bits per heavy atom. The summed E-state index contributed by atoms with van der Waals surface area (Å²) in [6.45, 7) is 0.0584. The monoisotopic (exact) mass is 458 g/mol. The van der Waals surface area contributed by atoms with Crippen LogP contribution < -0.4 is 5.32 Å². The average molecular weight is 458 g/mol. The smallest absolute Gasteiger partial charge is 0.444 e. The van der Waals surface area contributed by atoms with Crippen LogP contribution >= 0.6 is 0 Å². The van der Waals surface area contributed by atoms with E-state index in [4.69, 9.17) is 4.74 Å². The Morgan fingerprint density at radius 1 is 1.21 bits per heavy atom. The highest BCUT2D eigenvalue weighted by molar-refractivity contribution is 5.91. The summed E-state index contributed by atoms with van der Waals surface area (Å²) < 4.78 is 49.2. The molecule has 4 heterocycles. The van der Waals surface area contributed by atoms with E-state index in [1.165, 1.54) is 28.4 Å². The summed E-state index contributed by atoms with van der Waals surface area (Å²) in [6.07, 6.45) is 1.89. The van der Waals surface area contributed by atoms with Crippen molar-refractivity contribution >= 4 is 17.3 Å². The fourth-order valence-electron chi connectivity index (χ4n) is 3.75. The van der Waals surface area contributed by atoms with Gasteiger partial charge in [0.05, 0.1) is 17.4 Å². The third kappa shape index (κ3) is 4.23. The van der Waals surface area contributed by atoms with E-state index in [1.807, 2.05) is 6.07 Å². The number of alkyl halides is 3. The van der Waals surface area contributed by atoms with Crippen molar-refractivity contribution in [1.82, 2.24) is 24.7 Å². The standard InChI is InChI=1S/C21H17F3N6O3/c22-21(23,24)19-28-18(29-33-19)17-6-5-15(16-7-8-26-30(16)17)27-20(31)32-11-12-9-13-3-1-2-4-14(13)25-10-12/h5-10H,1-4,11H2,(H,27,31). The average Bonchev–Trinajstić information content (AvgIpc) is 3.48. The fraction of sp³-hybridized carbons (Fsp3) is 0.286. The molecule has 1 aliphatic carbocycles. The molecule has 0 atom stereocenters. The molecule has 33 heavy (non-hydrogen) atoms. The van der Waals surface area contributed by atoms with Gasteiger partial charge < -0.3 is 9.26 Å². The fourth-order valence-corrected chi connectivity index (χ4v) is 3.75. The maximum absolute atomic E-state index is 12.8. The highest BCUT2D eigenvalue weighted by Crippen LogP contribution is 2.30. The number of amides is 1. The third-order valence-electron chi connectivity index (χ3n) is 5.29. The topological polar surface area (TPSA) is 107 Å². The lowest BCUT2D eigenvalue weighted by Crippen LogP contribution is -2.15. The number of nitrogens with one attached hydrogen (secondary N) is 1. The van der Waals surface area contributed by atoms with E-state index in [1.54, 1.807) is 12.3 Å². The molecule has 0 aromatic carbocycles. The van der Waals surface area contributed by atoms with Crippen LogP contribution in [0.2, 0.25) is 0 Å². The molecule has 0 unspecified atom stereocenters. The van der Waals surface area contributed by atoms with Crippen molar-refractivity contribution in [2.24, 2.45) is 0 Å². The van der Waals surface area contributed by atoms with Gasteiger partial charge in [0, 0.05) is 17.5 Å². The summed E-state index contributed by atoms with van der Waals surface area (Å²) >= 11 is 0. The van der Waals surface area contributed by atoms with Gasteiger partial charge in [-0.15, -0.1) is 0 Å². The number of halogens is 3. The van der Waals surface area contributed by atoms with Crippen molar-refractivity contribution < 1.29 is 27.2 Å². The van der Waals surface area contributed by atoms with Gasteiger partial charge in [0.25, 0.3) is 0 Å². The number of rotatable bonds is 4. The van der Waals surface area contributed by atoms with Gasteiger partial charge in [0.15, 0.2) is 0 Å². The van der Waals surface area contributed by atoms with Crippen LogP contribution in [0.5, 0.6) is 0 Å². The lowest BCUT2D eigenvalue weighted by Gasteiger charge is -2.15. The Labute approximate surface area is 184 Å². The quantitative estimate of drug-likeness (QED) is 0.482. The molecule has 5 rings (SSSR count). The summed E-state index contributed by atoms with van der Waals surface area (Å²) in [5.41, 5.74) is 4.01. The van der Waals surface area contributed by atoms with Gasteiger partial charge in [-0.25, -0.2) is 9.31 Å². The Bertz CT molecular complexity index is 1330. The number of carbonyl (C=O) groups is 1. The molecule has 4 aromatic rings. The van der Waals surface area contributed by atoms with Crippen LogP contribution in [0.4, 0.5) is 23.7 Å². The molecule has 4 aromatic heterocycles. The molecule has 0 bridgehead atoms. The first-order valence-corrected chi connectivity index (χ1v) is 10.2. The number of hydrogen-bond donors (Lipinski definition) is 1. The van der Waals surface area contributed by atoms with Gasteiger partial charge in [-0.1, -0.05) is 5.16 Å². The van der Waals surface area contributed by atoms with Crippen molar-refractivity contribution in [2.75, 3.05) is 5.32 Å². The van der Waals surface area contributed by atoms with Gasteiger partial charge in [0.2, 0.25) is 5.82 Å². The van der Waals surface area contributed by atoms with Crippen molar-refractivity contribution in [3.8, 4) is 11.5 Å². The van der Waals surface area contributed by atoms with Crippen molar-refractivity contribution in [3.63, 3.8) is 0 Å². The minimum Gasteiger partial charge on any atom is -0.444 e. The predicted octanol–water partition coefficient (Wildman–Crippen LogP) is 4.43. The van der Waals surface area contributed by atoms with Gasteiger partial charge >= 0.3 is 18.2 Å². The first-order valence-electron chi connectivity index (χ1n) is 10.2. The Morgan fingerprint density at radius 2 is 2.06 bits per heavy atom. The molecule has 12 heteroatoms. The van der Waals surface area contributed by atoms with Crippen molar-refractivity contribution in [2.45, 2.75) is 38.5 Å². The molecule has 9 nitrogen and oxygen atoms in total. The maximum atomic E-state index is 12.8. The maximum Gasteiger partial charge on any atom is 0.471 e. The molecule has 0 saturated carbocycles. The SMILES string of the molecule is O=C(Nc1ccc(-c2noc(C(F)(F)F)n2)n2nccc12)OCc1cnc2c(c1)CCCC2. The summed E-state index contributed by atoms with van der Waals surface area (Å²) in [5, 5.41) is 10.1. The third-order valence-corrected chi connectivity index (χ3v) is 5.29. The molecule has 0 fully saturated rings. The van der Waals surface area contributed by atoms with E-state index in [9.17, 15) is 18.0 Å². The molecular weight excluding hydrogens is 441 g/mol. The lowest BCUT2D eigenvalue weighted by molar-refractivity contribution is -0.159. The molecule has 1 amide bonds. The molecule has 0 radical (unpaired) electrons. The molecule has 0 saturated heterocycles. The molecule has 0 spiro atoms. The van der Waals surface area contributed by atoms with E-state index < -0.39 is 18.2 Å². The summed E-state index contributed by atoms with van der Waals surface area (Å²) in [5.74, 6) is -1.75. The Hall–Kier alpha value is -3.96. The zero-order valence-corrected chi connectivity index (χ0v) is 17.1. The number of aromatic nitrogens is 5. The highest BCUT2D eigenvalue weighted by atomic mass is 19.4. The molecular formula is C21H17F3N6O3. The van der Waals surface area contributed by atoms with Crippen LogP contribution in [0.15, 0.2) is 41.2 Å². The number of hydrogen-bond acceptors (Lipinski definition) is 7. The second kappa shape index (κ2) is 8.19. The molecule has 0 aliphatic heterocycles. The van der Waals surface area contributed by atoms with E-state index in [-0.39, 0.29) is 18.1 Å². The number of fused-ring (bicyclic) bond motifs is 2. The van der Waals surface area contributed by atoms with Crippen LogP contribution in [-0.2, 0) is 30.4 Å². The summed E-state index contributed by atoms with van der Waals surface area (Å²) in [4.78, 5) is 20.2. The molecule has 170 valence electrons. The van der Waals surface area contributed by atoms with Gasteiger partial charge in [-0.2, -0.15) is 23.3 Å². The minimum atomic E-state index is -4.76. The number of carbonyl (C=O) groups excluding carboxylic acids is 1. The molecule has 1 aliphatic rings. The number of nitrogens with zero attached hydrogens (tertiary/aromatic N) is 5. The number of ether oxygens (including phenoxy) is 1. The van der Waals surface area contributed by atoms with E-state index in [0.29, 0.717) is 11.2 Å². The minimum absolute atomic E-state index is 0.0584. The Kier molecular flexibility index (Phi) is 5.19. The molecule has 1 N–H and O–H groups in total. The normalized spacial score (nSPS) is 13.7. The van der Waals surface area contributed by atoms with E-state index in [0.717, 1.165) is 36.9 Å². The summed E-state index contributed by atoms with van der Waals surface area (Å²) in [7, 11) is 0. The van der Waals surface area contributed by atoms with Gasteiger partial charge in [-0.05, 0) is 55.5 Å². The van der Waals surface area contributed by atoms with Crippen molar-refractivity contribution in [1.29, 1.82) is 0 Å². The largest absolute Gasteiger partial charge is 0.471 e. The number of aryl methyl sites for hydroxylation is 2. The Balaban J connectivity index is 1.30. The zero-order valence-electron chi connectivity index (χ0n) is 17.1. The summed E-state index contributed by atoms with van der Waals surface area (Å²) in [6, 6.07) is 6.52. The predicted molar refractivity (Wildman–Crippen MR) is 108 cm³/mol. The van der Waals surface area contributed by atoms with Crippen LogP contribution in [0.3, 0.4) is 0 Å². The van der Waals surface area contributed by atoms with Gasteiger partial charge in [0.1, 0.15) is 12.3 Å². The van der Waals surface area contributed by atoms with Crippen LogP contribution in [0.25, 0.3) is 17.0 Å². The number of pyridine rings is 2.